The Labute approximate surface area is 131 Å². The average molecular weight is 323 g/mol. The van der Waals surface area contributed by atoms with E-state index in [1.165, 1.54) is 0 Å². The first-order valence-corrected chi connectivity index (χ1v) is 6.68. The van der Waals surface area contributed by atoms with Crippen LogP contribution in [0.1, 0.15) is 0 Å². The number of hydrogen-bond acceptors (Lipinski definition) is 3. The van der Waals surface area contributed by atoms with Gasteiger partial charge in [-0.25, -0.2) is 0 Å². The third-order valence-electron chi connectivity index (χ3n) is 2.16. The zero-order valence-corrected chi connectivity index (χ0v) is 12.4. The van der Waals surface area contributed by atoms with Crippen molar-refractivity contribution >= 4 is 51.9 Å². The van der Waals surface area contributed by atoms with Crippen molar-refractivity contribution in [3.8, 4) is 0 Å². The van der Waals surface area contributed by atoms with Crippen LogP contribution < -0.4 is 0 Å². The predicted molar refractivity (Wildman–Crippen MR) is 84.5 cm³/mol. The molecule has 0 radical (unpaired) electrons. The highest BCUT2D eigenvalue weighted by Crippen LogP contribution is 2.18. The summed E-state index contributed by atoms with van der Waals surface area (Å²) in [5, 5.41) is 16.7. The molecule has 0 saturated heterocycles. The Morgan fingerprint density at radius 1 is 0.700 bits per heavy atom. The van der Waals surface area contributed by atoms with Crippen LogP contribution in [-0.4, -0.2) is 5.11 Å². The van der Waals surface area contributed by atoms with E-state index in [0.29, 0.717) is 21.4 Å². The van der Waals surface area contributed by atoms with E-state index in [4.69, 9.17) is 35.4 Å². The molecule has 0 aliphatic carbocycles. The van der Waals surface area contributed by atoms with Crippen molar-refractivity contribution in [3.63, 3.8) is 0 Å². The largest absolute Gasteiger partial charge is 0.259 e. The van der Waals surface area contributed by atoms with Crippen molar-refractivity contribution in [2.45, 2.75) is 0 Å². The molecule has 2 rings (SSSR count). The minimum atomic E-state index is 0.0369. The van der Waals surface area contributed by atoms with Crippen LogP contribution in [0, 0.1) is 0 Å². The Kier molecular flexibility index (Phi) is 5.29. The Morgan fingerprint density at radius 3 is 1.40 bits per heavy atom. The van der Waals surface area contributed by atoms with Crippen LogP contribution in [0.5, 0.6) is 0 Å². The molecule has 0 fully saturated rings. The number of nitrogens with zero attached hydrogens (tertiary/aromatic N) is 4. The van der Waals surface area contributed by atoms with Crippen molar-refractivity contribution < 1.29 is 0 Å². The standard InChI is InChI=1S/C13H8Cl2N4S/c14-9-1-5-11(6-2-9)16-18-13(20)19-17-12-7-3-10(15)4-8-12/h1-8H. The van der Waals surface area contributed by atoms with E-state index in [-0.39, 0.29) is 5.11 Å². The van der Waals surface area contributed by atoms with Crippen molar-refractivity contribution in [2.24, 2.45) is 20.5 Å². The molecule has 0 aromatic heterocycles. The van der Waals surface area contributed by atoms with E-state index in [1.54, 1.807) is 48.5 Å². The highest BCUT2D eigenvalue weighted by molar-refractivity contribution is 7.80. The molecule has 0 amide bonds. The van der Waals surface area contributed by atoms with Crippen LogP contribution in [0.2, 0.25) is 10.0 Å². The molecule has 0 unspecified atom stereocenters. The molecule has 0 saturated carbocycles. The first-order valence-electron chi connectivity index (χ1n) is 5.52. The molecule has 0 aliphatic rings. The third-order valence-corrected chi connectivity index (χ3v) is 2.82. The van der Waals surface area contributed by atoms with Gasteiger partial charge in [0.1, 0.15) is 0 Å². The summed E-state index contributed by atoms with van der Waals surface area (Å²) < 4.78 is 0. The van der Waals surface area contributed by atoms with E-state index in [2.05, 4.69) is 20.5 Å². The maximum absolute atomic E-state index is 5.76. The second-order valence-corrected chi connectivity index (χ2v) is 4.87. The minimum Gasteiger partial charge on any atom is -0.148 e. The smallest absolute Gasteiger partial charge is 0.148 e. The van der Waals surface area contributed by atoms with Crippen LogP contribution in [0.15, 0.2) is 69.0 Å². The van der Waals surface area contributed by atoms with E-state index >= 15 is 0 Å². The first-order chi connectivity index (χ1) is 9.63. The Bertz CT molecular complexity index is 594. The summed E-state index contributed by atoms with van der Waals surface area (Å²) >= 11 is 16.5. The van der Waals surface area contributed by atoms with Crippen molar-refractivity contribution in [3.05, 3.63) is 58.6 Å². The summed E-state index contributed by atoms with van der Waals surface area (Å²) in [6, 6.07) is 13.8. The van der Waals surface area contributed by atoms with Gasteiger partial charge in [0.2, 0.25) is 0 Å². The molecule has 20 heavy (non-hydrogen) atoms. The molecule has 2 aromatic rings. The fraction of sp³-hybridized carbons (Fsp3) is 0. The zero-order chi connectivity index (χ0) is 14.4. The van der Waals surface area contributed by atoms with Gasteiger partial charge in [-0.1, -0.05) is 23.2 Å². The molecule has 0 heterocycles. The fourth-order valence-corrected chi connectivity index (χ4v) is 1.57. The number of rotatable bonds is 2. The summed E-state index contributed by atoms with van der Waals surface area (Å²) in [5.74, 6) is 0. The lowest BCUT2D eigenvalue weighted by atomic mass is 10.3. The lowest BCUT2D eigenvalue weighted by Crippen LogP contribution is -1.78. The third kappa shape index (κ3) is 4.77. The summed E-state index contributed by atoms with van der Waals surface area (Å²) in [4.78, 5) is 0. The van der Waals surface area contributed by atoms with Crippen LogP contribution in [0.4, 0.5) is 11.4 Å². The molecule has 0 atom stereocenters. The SMILES string of the molecule is S=C(N=Nc1ccc(Cl)cc1)N=Nc1ccc(Cl)cc1. The van der Waals surface area contributed by atoms with Gasteiger partial charge in [0, 0.05) is 10.0 Å². The van der Waals surface area contributed by atoms with Gasteiger partial charge < -0.3 is 0 Å². The second-order valence-electron chi connectivity index (χ2n) is 3.64. The van der Waals surface area contributed by atoms with Crippen LogP contribution >= 0.6 is 35.4 Å². The molecular weight excluding hydrogens is 315 g/mol. The number of hydrogen-bond donors (Lipinski definition) is 0. The highest BCUT2D eigenvalue weighted by atomic mass is 35.5. The fourth-order valence-electron chi connectivity index (χ4n) is 1.24. The topological polar surface area (TPSA) is 49.4 Å². The van der Waals surface area contributed by atoms with Gasteiger partial charge in [0.25, 0.3) is 5.11 Å². The van der Waals surface area contributed by atoms with Gasteiger partial charge in [-0.15, -0.1) is 20.5 Å². The molecule has 100 valence electrons. The van der Waals surface area contributed by atoms with E-state index in [0.717, 1.165) is 0 Å². The molecule has 2 aromatic carbocycles. The zero-order valence-electron chi connectivity index (χ0n) is 10.1. The van der Waals surface area contributed by atoms with Crippen molar-refractivity contribution in [1.29, 1.82) is 0 Å². The molecule has 0 spiro atoms. The van der Waals surface area contributed by atoms with Gasteiger partial charge in [0.15, 0.2) is 0 Å². The average Bonchev–Trinajstić information content (AvgIpc) is 2.46. The van der Waals surface area contributed by atoms with E-state index < -0.39 is 0 Å². The molecule has 7 heteroatoms. The predicted octanol–water partition coefficient (Wildman–Crippen LogP) is 6.15. The Hall–Kier alpha value is -1.69. The van der Waals surface area contributed by atoms with Crippen LogP contribution in [-0.2, 0) is 0 Å². The molecule has 0 bridgehead atoms. The monoisotopic (exact) mass is 322 g/mol. The molecule has 4 nitrogen and oxygen atoms in total. The van der Waals surface area contributed by atoms with Gasteiger partial charge >= 0.3 is 0 Å². The maximum Gasteiger partial charge on any atom is 0.259 e. The summed E-state index contributed by atoms with van der Waals surface area (Å²) in [5.41, 5.74) is 1.27. The molecule has 0 aliphatic heterocycles. The Morgan fingerprint density at radius 2 is 1.05 bits per heavy atom. The van der Waals surface area contributed by atoms with Crippen LogP contribution in [0.3, 0.4) is 0 Å². The second kappa shape index (κ2) is 7.19. The van der Waals surface area contributed by atoms with Gasteiger partial charge in [0.05, 0.1) is 11.4 Å². The summed E-state index contributed by atoms with van der Waals surface area (Å²) in [7, 11) is 0. The summed E-state index contributed by atoms with van der Waals surface area (Å²) in [6.07, 6.45) is 0. The number of benzene rings is 2. The molecular formula is C13H8Cl2N4S. The normalized spacial score (nSPS) is 11.3. The Balaban J connectivity index is 1.98. The minimum absolute atomic E-state index is 0.0369. The van der Waals surface area contributed by atoms with Crippen molar-refractivity contribution in [1.82, 2.24) is 0 Å². The van der Waals surface area contributed by atoms with Gasteiger partial charge in [-0.3, -0.25) is 0 Å². The maximum atomic E-state index is 5.76. The van der Waals surface area contributed by atoms with Gasteiger partial charge in [-0.2, -0.15) is 0 Å². The van der Waals surface area contributed by atoms with Gasteiger partial charge in [-0.05, 0) is 60.7 Å². The van der Waals surface area contributed by atoms with E-state index in [1.807, 2.05) is 0 Å². The lowest BCUT2D eigenvalue weighted by Gasteiger charge is -1.92. The number of halogens is 2. The van der Waals surface area contributed by atoms with E-state index in [9.17, 15) is 0 Å². The number of azo groups is 2. The highest BCUT2D eigenvalue weighted by Gasteiger charge is 1.94. The summed E-state index contributed by atoms with van der Waals surface area (Å²) in [6.45, 7) is 0. The quantitative estimate of drug-likeness (QED) is 0.483. The lowest BCUT2D eigenvalue weighted by molar-refractivity contribution is 1.21. The van der Waals surface area contributed by atoms with Crippen molar-refractivity contribution in [2.75, 3.05) is 0 Å². The number of thiocarbonyl (C=S) groups is 1. The first kappa shape index (κ1) is 14.7. The molecule has 0 N–H and O–H groups in total. The van der Waals surface area contributed by atoms with Crippen LogP contribution in [0.25, 0.3) is 0 Å².